The number of ether oxygens (including phenoxy) is 2. The monoisotopic (exact) mass is 286 g/mol. The van der Waals surface area contributed by atoms with E-state index in [2.05, 4.69) is 15.9 Å². The quantitative estimate of drug-likeness (QED) is 0.805. The summed E-state index contributed by atoms with van der Waals surface area (Å²) < 4.78 is 10.7. The van der Waals surface area contributed by atoms with Gasteiger partial charge >= 0.3 is 5.97 Å². The predicted octanol–water partition coefficient (Wildman–Crippen LogP) is 2.26. The summed E-state index contributed by atoms with van der Waals surface area (Å²) in [5.41, 5.74) is 1.13. The van der Waals surface area contributed by atoms with Crippen molar-refractivity contribution in [3.63, 3.8) is 0 Å². The lowest BCUT2D eigenvalue weighted by molar-refractivity contribution is 0.0295. The number of cyclic esters (lactones) is 1. The average Bonchev–Trinajstić information content (AvgIpc) is 2.23. The summed E-state index contributed by atoms with van der Waals surface area (Å²) in [6, 6.07) is 1.40. The number of benzene rings is 1. The van der Waals surface area contributed by atoms with Crippen LogP contribution in [-0.2, 0) is 11.2 Å². The fourth-order valence-electron chi connectivity index (χ4n) is 1.82. The molecule has 0 saturated heterocycles. The topological polar surface area (TPSA) is 55.8 Å². The van der Waals surface area contributed by atoms with Crippen molar-refractivity contribution in [1.29, 1.82) is 0 Å². The summed E-state index contributed by atoms with van der Waals surface area (Å²) in [6.45, 7) is 1.81. The van der Waals surface area contributed by atoms with Crippen LogP contribution in [0.2, 0.25) is 0 Å². The molecule has 1 atom stereocenters. The van der Waals surface area contributed by atoms with Crippen molar-refractivity contribution < 1.29 is 19.4 Å². The third-order valence-corrected chi connectivity index (χ3v) is 3.41. The maximum atomic E-state index is 11.7. The van der Waals surface area contributed by atoms with E-state index in [1.165, 1.54) is 13.2 Å². The number of esters is 1. The Labute approximate surface area is 101 Å². The number of phenolic OH excluding ortho intramolecular Hbond substituents is 1. The molecule has 4 nitrogen and oxygen atoms in total. The molecule has 1 N–H and O–H groups in total. The maximum absolute atomic E-state index is 11.7. The van der Waals surface area contributed by atoms with E-state index in [1.54, 1.807) is 0 Å². The predicted molar refractivity (Wildman–Crippen MR) is 60.9 cm³/mol. The van der Waals surface area contributed by atoms with Crippen LogP contribution < -0.4 is 4.74 Å². The molecule has 2 rings (SSSR count). The first-order chi connectivity index (χ1) is 7.54. The lowest BCUT2D eigenvalue weighted by Gasteiger charge is -2.24. The summed E-state index contributed by atoms with van der Waals surface area (Å²) in [7, 11) is 1.45. The first-order valence-corrected chi connectivity index (χ1v) is 5.63. The van der Waals surface area contributed by atoms with Gasteiger partial charge in [-0.3, -0.25) is 0 Å². The third kappa shape index (κ3) is 1.65. The minimum absolute atomic E-state index is 0.0671. The standard InChI is InChI=1S/C11H11BrO4/c1-5-3-6-9(11(14)16-5)8(15-2)4-7(13)10(6)12/h4-5,13H,3H2,1-2H3/t5-/m1/s1. The van der Waals surface area contributed by atoms with Crippen molar-refractivity contribution in [2.24, 2.45) is 0 Å². The summed E-state index contributed by atoms with van der Waals surface area (Å²) >= 11 is 3.27. The zero-order valence-electron chi connectivity index (χ0n) is 8.91. The van der Waals surface area contributed by atoms with E-state index in [9.17, 15) is 9.90 Å². The largest absolute Gasteiger partial charge is 0.507 e. The number of rotatable bonds is 1. The molecule has 86 valence electrons. The van der Waals surface area contributed by atoms with Gasteiger partial charge in [-0.1, -0.05) is 0 Å². The zero-order chi connectivity index (χ0) is 11.9. The van der Waals surface area contributed by atoms with Crippen LogP contribution in [0.25, 0.3) is 0 Å². The van der Waals surface area contributed by atoms with Gasteiger partial charge in [-0.25, -0.2) is 4.79 Å². The summed E-state index contributed by atoms with van der Waals surface area (Å²) in [5, 5.41) is 9.68. The van der Waals surface area contributed by atoms with E-state index in [0.717, 1.165) is 5.56 Å². The molecule has 0 unspecified atom stereocenters. The number of hydrogen-bond acceptors (Lipinski definition) is 4. The first-order valence-electron chi connectivity index (χ1n) is 4.84. The van der Waals surface area contributed by atoms with Gasteiger partial charge in [0.05, 0.1) is 11.6 Å². The SMILES string of the molecule is COc1cc(O)c(Br)c2c1C(=O)O[C@H](C)C2. The molecule has 1 aliphatic rings. The number of hydrogen-bond donors (Lipinski definition) is 1. The van der Waals surface area contributed by atoms with Crippen molar-refractivity contribution in [1.82, 2.24) is 0 Å². The molecular weight excluding hydrogens is 276 g/mol. The number of fused-ring (bicyclic) bond motifs is 1. The lowest BCUT2D eigenvalue weighted by Crippen LogP contribution is -2.26. The second kappa shape index (κ2) is 3.97. The van der Waals surface area contributed by atoms with Crippen molar-refractivity contribution >= 4 is 21.9 Å². The Hall–Kier alpha value is -1.23. The molecular formula is C11H11BrO4. The fraction of sp³-hybridized carbons (Fsp3) is 0.364. The molecule has 0 fully saturated rings. The molecule has 1 heterocycles. The van der Waals surface area contributed by atoms with Gasteiger partial charge in [0.25, 0.3) is 0 Å². The van der Waals surface area contributed by atoms with Crippen molar-refractivity contribution in [3.05, 3.63) is 21.7 Å². The number of aromatic hydroxyl groups is 1. The van der Waals surface area contributed by atoms with Crippen LogP contribution in [0.15, 0.2) is 10.5 Å². The highest BCUT2D eigenvalue weighted by atomic mass is 79.9. The molecule has 1 aromatic carbocycles. The van der Waals surface area contributed by atoms with E-state index < -0.39 is 5.97 Å². The molecule has 1 aromatic rings. The number of halogens is 1. The number of phenols is 1. The summed E-state index contributed by atoms with van der Waals surface area (Å²) in [5.74, 6) is -0.00333. The van der Waals surface area contributed by atoms with E-state index in [0.29, 0.717) is 22.2 Å². The number of carbonyl (C=O) groups excluding carboxylic acids is 1. The minimum Gasteiger partial charge on any atom is -0.507 e. The van der Waals surface area contributed by atoms with Gasteiger partial charge in [-0.2, -0.15) is 0 Å². The number of carbonyl (C=O) groups is 1. The Bertz CT molecular complexity index is 456. The van der Waals surface area contributed by atoms with Crippen LogP contribution in [0.5, 0.6) is 11.5 Å². The van der Waals surface area contributed by atoms with Crippen molar-refractivity contribution in [2.45, 2.75) is 19.4 Å². The van der Waals surface area contributed by atoms with Crippen molar-refractivity contribution in [3.8, 4) is 11.5 Å². The van der Waals surface area contributed by atoms with Gasteiger partial charge in [0.2, 0.25) is 0 Å². The molecule has 0 amide bonds. The zero-order valence-corrected chi connectivity index (χ0v) is 10.5. The Balaban J connectivity index is 2.68. The maximum Gasteiger partial charge on any atom is 0.342 e. The van der Waals surface area contributed by atoms with Crippen LogP contribution in [0.3, 0.4) is 0 Å². The molecule has 0 saturated carbocycles. The molecule has 0 bridgehead atoms. The van der Waals surface area contributed by atoms with Gasteiger partial charge in [-0.15, -0.1) is 0 Å². The molecule has 0 spiro atoms. The average molecular weight is 287 g/mol. The van der Waals surface area contributed by atoms with E-state index in [-0.39, 0.29) is 11.9 Å². The van der Waals surface area contributed by atoms with Crippen LogP contribution in [0.4, 0.5) is 0 Å². The Morgan fingerprint density at radius 3 is 2.94 bits per heavy atom. The number of methoxy groups -OCH3 is 1. The Morgan fingerprint density at radius 1 is 1.62 bits per heavy atom. The molecule has 16 heavy (non-hydrogen) atoms. The van der Waals surface area contributed by atoms with Crippen molar-refractivity contribution in [2.75, 3.05) is 7.11 Å². The summed E-state index contributed by atoms with van der Waals surface area (Å²) in [4.78, 5) is 11.7. The normalized spacial score (nSPS) is 18.9. The molecule has 0 aromatic heterocycles. The van der Waals surface area contributed by atoms with Gasteiger partial charge in [0, 0.05) is 12.5 Å². The van der Waals surface area contributed by atoms with Gasteiger partial charge in [-0.05, 0) is 28.4 Å². The smallest absolute Gasteiger partial charge is 0.342 e. The van der Waals surface area contributed by atoms with Crippen LogP contribution >= 0.6 is 15.9 Å². The lowest BCUT2D eigenvalue weighted by atomic mass is 9.98. The van der Waals surface area contributed by atoms with Gasteiger partial charge in [0.15, 0.2) is 0 Å². The molecule has 5 heteroatoms. The van der Waals surface area contributed by atoms with E-state index in [4.69, 9.17) is 9.47 Å². The second-order valence-corrected chi connectivity index (χ2v) is 4.48. The van der Waals surface area contributed by atoms with Gasteiger partial charge in [0.1, 0.15) is 23.2 Å². The van der Waals surface area contributed by atoms with E-state index in [1.807, 2.05) is 6.92 Å². The second-order valence-electron chi connectivity index (χ2n) is 3.69. The van der Waals surface area contributed by atoms with Crippen LogP contribution in [-0.4, -0.2) is 24.3 Å². The Morgan fingerprint density at radius 2 is 2.31 bits per heavy atom. The Kier molecular flexibility index (Phi) is 2.80. The van der Waals surface area contributed by atoms with Crippen LogP contribution in [0.1, 0.15) is 22.8 Å². The highest BCUT2D eigenvalue weighted by Crippen LogP contribution is 2.40. The molecule has 1 aliphatic heterocycles. The summed E-state index contributed by atoms with van der Waals surface area (Å²) in [6.07, 6.45) is 0.370. The minimum atomic E-state index is -0.411. The molecule has 0 radical (unpaired) electrons. The first kappa shape index (κ1) is 11.3. The van der Waals surface area contributed by atoms with E-state index >= 15 is 0 Å². The molecule has 0 aliphatic carbocycles. The highest BCUT2D eigenvalue weighted by molar-refractivity contribution is 9.10. The highest BCUT2D eigenvalue weighted by Gasteiger charge is 2.30. The van der Waals surface area contributed by atoms with Crippen LogP contribution in [0, 0.1) is 0 Å². The van der Waals surface area contributed by atoms with Gasteiger partial charge < -0.3 is 14.6 Å². The fourth-order valence-corrected chi connectivity index (χ4v) is 2.29. The third-order valence-electron chi connectivity index (χ3n) is 2.53.